The zero-order chi connectivity index (χ0) is 6.24. The third-order valence-electron chi connectivity index (χ3n) is 0.971. The quantitative estimate of drug-likeness (QED) is 0.388. The molecule has 0 bridgehead atoms. The van der Waals surface area contributed by atoms with Crippen molar-refractivity contribution in [1.29, 1.82) is 0 Å². The first kappa shape index (κ1) is 8.40. The summed E-state index contributed by atoms with van der Waals surface area (Å²) in [5.41, 5.74) is 3.75. The van der Waals surface area contributed by atoms with Crippen molar-refractivity contribution in [3.05, 3.63) is 0 Å². The summed E-state index contributed by atoms with van der Waals surface area (Å²) in [4.78, 5) is 0. The first-order valence-electron chi connectivity index (χ1n) is 3.08. The topological polar surface area (TPSA) is 44.2 Å². The molecule has 0 rings (SSSR count). The van der Waals surface area contributed by atoms with Crippen molar-refractivity contribution in [2.24, 2.45) is 0 Å². The van der Waals surface area contributed by atoms with E-state index in [1.54, 1.807) is 0 Å². The van der Waals surface area contributed by atoms with Crippen molar-refractivity contribution >= 4 is 15.9 Å². The molecule has 3 heteroatoms. The lowest BCUT2D eigenvalue weighted by molar-refractivity contribution is -0.652. The van der Waals surface area contributed by atoms with Gasteiger partial charge in [0.2, 0.25) is 0 Å². The Kier molecular flexibility index (Phi) is 7.77. The molecule has 0 aliphatic carbocycles. The Bertz CT molecular complexity index is 35.4. The zero-order valence-corrected chi connectivity index (χ0v) is 6.78. The first-order chi connectivity index (χ1) is 3.91. The molecule has 2 nitrogen and oxygen atoms in total. The van der Waals surface area contributed by atoms with Gasteiger partial charge in [0.15, 0.2) is 0 Å². The van der Waals surface area contributed by atoms with E-state index in [0.717, 1.165) is 11.9 Å². The maximum atomic E-state index is 3.75. The number of halogens is 1. The molecule has 0 aliphatic heterocycles. The molecule has 0 aromatic rings. The Hall–Kier alpha value is 0.400. The van der Waals surface area contributed by atoms with Crippen LogP contribution in [0.1, 0.15) is 6.42 Å². The first-order valence-corrected chi connectivity index (χ1v) is 4.21. The summed E-state index contributed by atoms with van der Waals surface area (Å²) in [6, 6.07) is 0. The van der Waals surface area contributed by atoms with Crippen molar-refractivity contribution in [1.82, 2.24) is 0 Å². The number of nitrogens with two attached hydrogens (primary N) is 1. The Morgan fingerprint density at radius 3 is 2.62 bits per heavy atom. The van der Waals surface area contributed by atoms with Gasteiger partial charge in [-0.2, -0.15) is 0 Å². The van der Waals surface area contributed by atoms with Crippen LogP contribution in [0.4, 0.5) is 0 Å². The highest BCUT2D eigenvalue weighted by Crippen LogP contribution is 1.68. The highest BCUT2D eigenvalue weighted by atomic mass is 79.9. The van der Waals surface area contributed by atoms with Gasteiger partial charge in [-0.1, -0.05) is 15.9 Å². The third kappa shape index (κ3) is 6.40. The molecule has 0 aromatic carbocycles. The van der Waals surface area contributed by atoms with Crippen LogP contribution in [-0.4, -0.2) is 25.0 Å². The van der Waals surface area contributed by atoms with Crippen LogP contribution in [0.25, 0.3) is 0 Å². The van der Waals surface area contributed by atoms with Crippen LogP contribution in [0.15, 0.2) is 0 Å². The Balaban J connectivity index is 2.53. The van der Waals surface area contributed by atoms with Crippen LogP contribution >= 0.6 is 15.9 Å². The number of quaternary nitrogens is 2. The van der Waals surface area contributed by atoms with Crippen molar-refractivity contribution in [2.45, 2.75) is 6.42 Å². The highest BCUT2D eigenvalue weighted by molar-refractivity contribution is 9.09. The summed E-state index contributed by atoms with van der Waals surface area (Å²) in [5, 5.41) is 3.41. The van der Waals surface area contributed by atoms with E-state index in [0.29, 0.717) is 0 Å². The van der Waals surface area contributed by atoms with Crippen LogP contribution in [0.5, 0.6) is 0 Å². The maximum Gasteiger partial charge on any atom is 0.0853 e. The number of hydrogen-bond donors (Lipinski definition) is 2. The minimum absolute atomic E-state index is 1.07. The van der Waals surface area contributed by atoms with Gasteiger partial charge in [0.1, 0.15) is 0 Å². The van der Waals surface area contributed by atoms with Crippen molar-refractivity contribution in [2.75, 3.05) is 25.0 Å². The highest BCUT2D eigenvalue weighted by Gasteiger charge is 1.86. The molecular weight excluding hydrogens is 168 g/mol. The molecular formula is C5H15BrN2+2. The van der Waals surface area contributed by atoms with Crippen LogP contribution in [0, 0.1) is 0 Å². The van der Waals surface area contributed by atoms with Gasteiger partial charge in [-0.3, -0.25) is 0 Å². The van der Waals surface area contributed by atoms with Gasteiger partial charge in [-0.05, 0) is 0 Å². The van der Waals surface area contributed by atoms with E-state index < -0.39 is 0 Å². The molecule has 5 N–H and O–H groups in total. The number of rotatable bonds is 5. The summed E-state index contributed by atoms with van der Waals surface area (Å²) < 4.78 is 0. The van der Waals surface area contributed by atoms with Crippen LogP contribution < -0.4 is 11.1 Å². The zero-order valence-electron chi connectivity index (χ0n) is 5.20. The molecule has 0 aliphatic rings. The van der Waals surface area contributed by atoms with E-state index in [4.69, 9.17) is 0 Å². The van der Waals surface area contributed by atoms with E-state index in [2.05, 4.69) is 27.0 Å². The normalized spacial score (nSPS) is 9.75. The summed E-state index contributed by atoms with van der Waals surface area (Å²) in [6.45, 7) is 3.49. The van der Waals surface area contributed by atoms with Crippen LogP contribution in [0.2, 0.25) is 0 Å². The lowest BCUT2D eigenvalue weighted by Gasteiger charge is -1.93. The maximum absolute atomic E-state index is 3.75. The molecule has 50 valence electrons. The summed E-state index contributed by atoms with van der Waals surface area (Å²) >= 11 is 3.35. The largest absolute Gasteiger partial charge is 0.357 e. The standard InChI is InChI=1S/C5H13BrN2/c6-2-5-8-4-1-3-7/h8H,1-5,7H2/p+2. The molecule has 0 heterocycles. The average Bonchev–Trinajstić information content (AvgIpc) is 1.81. The predicted octanol–water partition coefficient (Wildman–Crippen LogP) is -1.42. The molecule has 8 heavy (non-hydrogen) atoms. The fourth-order valence-electron chi connectivity index (χ4n) is 0.510. The average molecular weight is 183 g/mol. The second kappa shape index (κ2) is 7.40. The van der Waals surface area contributed by atoms with Gasteiger partial charge in [0.25, 0.3) is 0 Å². The van der Waals surface area contributed by atoms with Gasteiger partial charge in [0, 0.05) is 6.42 Å². The lowest BCUT2D eigenvalue weighted by atomic mass is 10.4. The predicted molar refractivity (Wildman–Crippen MR) is 37.8 cm³/mol. The number of hydrogen-bond acceptors (Lipinski definition) is 0. The lowest BCUT2D eigenvalue weighted by Crippen LogP contribution is -2.85. The Labute approximate surface area is 59.0 Å². The minimum Gasteiger partial charge on any atom is -0.357 e. The minimum atomic E-state index is 1.07. The fourth-order valence-corrected chi connectivity index (χ4v) is 0.834. The van der Waals surface area contributed by atoms with Crippen molar-refractivity contribution in [3.8, 4) is 0 Å². The van der Waals surface area contributed by atoms with Gasteiger partial charge in [-0.25, -0.2) is 0 Å². The monoisotopic (exact) mass is 182 g/mol. The SMILES string of the molecule is [NH3+]CCC[NH2+]CCBr. The van der Waals surface area contributed by atoms with Crippen LogP contribution in [-0.2, 0) is 0 Å². The Morgan fingerprint density at radius 2 is 2.12 bits per heavy atom. The molecule has 0 spiro atoms. The molecule has 0 atom stereocenters. The van der Waals surface area contributed by atoms with E-state index in [-0.39, 0.29) is 0 Å². The van der Waals surface area contributed by atoms with Gasteiger partial charge >= 0.3 is 0 Å². The molecule has 0 unspecified atom stereocenters. The summed E-state index contributed by atoms with van der Waals surface area (Å²) in [6.07, 6.45) is 1.24. The van der Waals surface area contributed by atoms with Crippen LogP contribution in [0.3, 0.4) is 0 Å². The molecule has 0 aromatic heterocycles. The fraction of sp³-hybridized carbons (Fsp3) is 1.00. The molecule has 0 radical (unpaired) electrons. The molecule has 0 saturated heterocycles. The molecule has 0 saturated carbocycles. The smallest absolute Gasteiger partial charge is 0.0853 e. The van der Waals surface area contributed by atoms with E-state index in [9.17, 15) is 0 Å². The summed E-state index contributed by atoms with van der Waals surface area (Å²) in [7, 11) is 0. The van der Waals surface area contributed by atoms with Crippen molar-refractivity contribution in [3.63, 3.8) is 0 Å². The second-order valence-corrected chi connectivity index (χ2v) is 2.56. The molecule has 0 fully saturated rings. The van der Waals surface area contributed by atoms with E-state index >= 15 is 0 Å². The van der Waals surface area contributed by atoms with E-state index in [1.807, 2.05) is 0 Å². The van der Waals surface area contributed by atoms with Gasteiger partial charge in [0.05, 0.1) is 25.0 Å². The summed E-state index contributed by atoms with van der Waals surface area (Å²) in [5.74, 6) is 0. The van der Waals surface area contributed by atoms with Gasteiger partial charge in [-0.15, -0.1) is 0 Å². The van der Waals surface area contributed by atoms with E-state index in [1.165, 1.54) is 19.5 Å². The van der Waals surface area contributed by atoms with Crippen molar-refractivity contribution < 1.29 is 11.1 Å². The Morgan fingerprint density at radius 1 is 1.38 bits per heavy atom. The number of alkyl halides is 1. The molecule has 0 amide bonds. The second-order valence-electron chi connectivity index (χ2n) is 1.76. The third-order valence-corrected chi connectivity index (χ3v) is 1.43. The van der Waals surface area contributed by atoms with Gasteiger partial charge < -0.3 is 11.1 Å².